The van der Waals surface area contributed by atoms with Gasteiger partial charge in [-0.05, 0) is 48.7 Å². The van der Waals surface area contributed by atoms with E-state index in [0.717, 1.165) is 24.2 Å². The molecule has 0 unspecified atom stereocenters. The molecule has 2 amide bonds. The van der Waals surface area contributed by atoms with Crippen LogP contribution in [0, 0.1) is 0 Å². The monoisotopic (exact) mass is 367 g/mol. The molecule has 2 heterocycles. The van der Waals surface area contributed by atoms with Crippen LogP contribution in [0.15, 0.2) is 42.6 Å². The first-order valence-corrected chi connectivity index (χ1v) is 9.30. The molecule has 142 valence electrons. The van der Waals surface area contributed by atoms with Crippen molar-refractivity contribution in [3.05, 3.63) is 59.4 Å². The lowest BCUT2D eigenvalue weighted by Gasteiger charge is -2.22. The van der Waals surface area contributed by atoms with Crippen LogP contribution in [-0.4, -0.2) is 59.9 Å². The van der Waals surface area contributed by atoms with Gasteiger partial charge in [-0.1, -0.05) is 13.0 Å². The molecule has 1 aliphatic rings. The van der Waals surface area contributed by atoms with Crippen LogP contribution in [0.4, 0.5) is 0 Å². The number of ether oxygens (including phenoxy) is 1. The van der Waals surface area contributed by atoms with Crippen LogP contribution in [0.3, 0.4) is 0 Å². The first-order chi connectivity index (χ1) is 13.1. The number of aryl methyl sites for hydroxylation is 1. The number of hydrogen-bond acceptors (Lipinski definition) is 4. The summed E-state index contributed by atoms with van der Waals surface area (Å²) in [6.07, 6.45) is 3.17. The van der Waals surface area contributed by atoms with E-state index >= 15 is 0 Å². The molecule has 1 saturated heterocycles. The molecule has 1 aromatic carbocycles. The summed E-state index contributed by atoms with van der Waals surface area (Å²) in [5, 5.41) is 0. The lowest BCUT2D eigenvalue weighted by atomic mass is 10.1. The fourth-order valence-electron chi connectivity index (χ4n) is 3.35. The van der Waals surface area contributed by atoms with E-state index in [9.17, 15) is 9.59 Å². The van der Waals surface area contributed by atoms with Gasteiger partial charge in [0.15, 0.2) is 0 Å². The summed E-state index contributed by atoms with van der Waals surface area (Å²) >= 11 is 0. The summed E-state index contributed by atoms with van der Waals surface area (Å²) in [6.45, 7) is 4.34. The second-order valence-corrected chi connectivity index (χ2v) is 6.53. The highest BCUT2D eigenvalue weighted by Crippen LogP contribution is 2.21. The Morgan fingerprint density at radius 2 is 1.78 bits per heavy atom. The molecular formula is C21H25N3O3. The zero-order valence-electron chi connectivity index (χ0n) is 15.9. The molecule has 3 rings (SSSR count). The summed E-state index contributed by atoms with van der Waals surface area (Å²) in [5.74, 6) is 0.721. The van der Waals surface area contributed by atoms with E-state index in [1.807, 2.05) is 36.1 Å². The molecule has 0 bridgehead atoms. The van der Waals surface area contributed by atoms with E-state index in [4.69, 9.17) is 4.74 Å². The van der Waals surface area contributed by atoms with Crippen molar-refractivity contribution < 1.29 is 14.3 Å². The summed E-state index contributed by atoms with van der Waals surface area (Å²) in [4.78, 5) is 33.3. The maximum absolute atomic E-state index is 12.9. The van der Waals surface area contributed by atoms with E-state index in [1.54, 1.807) is 30.3 Å². The Labute approximate surface area is 159 Å². The summed E-state index contributed by atoms with van der Waals surface area (Å²) in [5.41, 5.74) is 2.13. The van der Waals surface area contributed by atoms with Crippen molar-refractivity contribution in [2.24, 2.45) is 0 Å². The summed E-state index contributed by atoms with van der Waals surface area (Å²) in [6, 6.07) is 10.9. The Morgan fingerprint density at radius 3 is 2.41 bits per heavy atom. The van der Waals surface area contributed by atoms with Crippen molar-refractivity contribution >= 4 is 11.8 Å². The quantitative estimate of drug-likeness (QED) is 0.833. The Bertz CT molecular complexity index is 808. The molecule has 0 atom stereocenters. The maximum Gasteiger partial charge on any atom is 0.272 e. The SMILES string of the molecule is CCc1cc(C(=O)N2CCCN(C(=O)c3ccccn3)CC2)ccc1OC. The minimum atomic E-state index is -0.0809. The molecule has 0 N–H and O–H groups in total. The number of amides is 2. The normalized spacial score (nSPS) is 14.6. The van der Waals surface area contributed by atoms with E-state index < -0.39 is 0 Å². The van der Waals surface area contributed by atoms with Crippen LogP contribution in [0.25, 0.3) is 0 Å². The first kappa shape index (κ1) is 18.9. The number of methoxy groups -OCH3 is 1. The fourth-order valence-corrected chi connectivity index (χ4v) is 3.35. The van der Waals surface area contributed by atoms with Gasteiger partial charge in [0.05, 0.1) is 7.11 Å². The second-order valence-electron chi connectivity index (χ2n) is 6.53. The minimum absolute atomic E-state index is 0.000474. The number of benzene rings is 1. The van der Waals surface area contributed by atoms with Crippen molar-refractivity contribution in [3.8, 4) is 5.75 Å². The van der Waals surface area contributed by atoms with E-state index in [1.165, 1.54) is 0 Å². The Morgan fingerprint density at radius 1 is 1.04 bits per heavy atom. The number of nitrogens with zero attached hydrogens (tertiary/aromatic N) is 3. The molecule has 6 heteroatoms. The third-order valence-corrected chi connectivity index (χ3v) is 4.86. The largest absolute Gasteiger partial charge is 0.496 e. The highest BCUT2D eigenvalue weighted by molar-refractivity contribution is 5.95. The number of aromatic nitrogens is 1. The van der Waals surface area contributed by atoms with Gasteiger partial charge < -0.3 is 14.5 Å². The van der Waals surface area contributed by atoms with Gasteiger partial charge in [0.1, 0.15) is 11.4 Å². The van der Waals surface area contributed by atoms with E-state index in [0.29, 0.717) is 37.4 Å². The minimum Gasteiger partial charge on any atom is -0.496 e. The van der Waals surface area contributed by atoms with Gasteiger partial charge in [-0.3, -0.25) is 14.6 Å². The van der Waals surface area contributed by atoms with Crippen LogP contribution < -0.4 is 4.74 Å². The molecule has 27 heavy (non-hydrogen) atoms. The van der Waals surface area contributed by atoms with Crippen LogP contribution >= 0.6 is 0 Å². The van der Waals surface area contributed by atoms with Crippen molar-refractivity contribution in [1.82, 2.24) is 14.8 Å². The smallest absolute Gasteiger partial charge is 0.272 e. The second kappa shape index (κ2) is 8.66. The summed E-state index contributed by atoms with van der Waals surface area (Å²) < 4.78 is 5.34. The standard InChI is InChI=1S/C21H25N3O3/c1-3-16-15-17(8-9-19(16)27-2)20(25)23-11-6-12-24(14-13-23)21(26)18-7-4-5-10-22-18/h4-5,7-10,15H,3,6,11-14H2,1-2H3. The van der Waals surface area contributed by atoms with Crippen LogP contribution in [0.1, 0.15) is 39.8 Å². The molecule has 1 aromatic heterocycles. The topological polar surface area (TPSA) is 62.7 Å². The third-order valence-electron chi connectivity index (χ3n) is 4.86. The molecule has 0 radical (unpaired) electrons. The lowest BCUT2D eigenvalue weighted by Crippen LogP contribution is -2.37. The third kappa shape index (κ3) is 4.27. The van der Waals surface area contributed by atoms with Crippen molar-refractivity contribution in [1.29, 1.82) is 0 Å². The highest BCUT2D eigenvalue weighted by atomic mass is 16.5. The molecule has 1 fully saturated rings. The zero-order chi connectivity index (χ0) is 19.2. The molecule has 1 aliphatic heterocycles. The van der Waals surface area contributed by atoms with Gasteiger partial charge in [-0.25, -0.2) is 0 Å². The molecule has 2 aromatic rings. The number of carbonyl (C=O) groups is 2. The predicted octanol–water partition coefficient (Wildman–Crippen LogP) is 2.64. The highest BCUT2D eigenvalue weighted by Gasteiger charge is 2.24. The van der Waals surface area contributed by atoms with Gasteiger partial charge in [-0.2, -0.15) is 0 Å². The number of rotatable bonds is 4. The van der Waals surface area contributed by atoms with Gasteiger partial charge in [-0.15, -0.1) is 0 Å². The number of hydrogen-bond donors (Lipinski definition) is 0. The van der Waals surface area contributed by atoms with Gasteiger partial charge >= 0.3 is 0 Å². The van der Waals surface area contributed by atoms with Gasteiger partial charge in [0, 0.05) is 37.9 Å². The van der Waals surface area contributed by atoms with Gasteiger partial charge in [0.25, 0.3) is 11.8 Å². The Hall–Kier alpha value is -2.89. The van der Waals surface area contributed by atoms with Crippen LogP contribution in [-0.2, 0) is 6.42 Å². The van der Waals surface area contributed by atoms with Crippen LogP contribution in [0.5, 0.6) is 5.75 Å². The number of carbonyl (C=O) groups excluding carboxylic acids is 2. The van der Waals surface area contributed by atoms with Crippen molar-refractivity contribution in [2.75, 3.05) is 33.3 Å². The van der Waals surface area contributed by atoms with E-state index in [-0.39, 0.29) is 11.8 Å². The zero-order valence-corrected chi connectivity index (χ0v) is 15.9. The average Bonchev–Trinajstić information content (AvgIpc) is 2.99. The van der Waals surface area contributed by atoms with E-state index in [2.05, 4.69) is 4.98 Å². The predicted molar refractivity (Wildman–Crippen MR) is 103 cm³/mol. The Balaban J connectivity index is 1.69. The fraction of sp³-hybridized carbons (Fsp3) is 0.381. The Kier molecular flexibility index (Phi) is 6.06. The van der Waals surface area contributed by atoms with Crippen molar-refractivity contribution in [2.45, 2.75) is 19.8 Å². The average molecular weight is 367 g/mol. The molecule has 0 spiro atoms. The van der Waals surface area contributed by atoms with Gasteiger partial charge in [0.2, 0.25) is 0 Å². The molecule has 0 aliphatic carbocycles. The molecular weight excluding hydrogens is 342 g/mol. The van der Waals surface area contributed by atoms with Crippen molar-refractivity contribution in [3.63, 3.8) is 0 Å². The number of pyridine rings is 1. The first-order valence-electron chi connectivity index (χ1n) is 9.30. The summed E-state index contributed by atoms with van der Waals surface area (Å²) in [7, 11) is 1.64. The maximum atomic E-state index is 12.9. The molecule has 6 nitrogen and oxygen atoms in total. The molecule has 0 saturated carbocycles. The van der Waals surface area contributed by atoms with Crippen LogP contribution in [0.2, 0.25) is 0 Å². The lowest BCUT2D eigenvalue weighted by molar-refractivity contribution is 0.0715.